The molecule has 1 aromatic heterocycles. The molecule has 4 rings (SSSR count). The number of nitrogens with zero attached hydrogens (tertiary/aromatic N) is 2. The van der Waals surface area contributed by atoms with Gasteiger partial charge in [0.25, 0.3) is 0 Å². The van der Waals surface area contributed by atoms with Gasteiger partial charge in [-0.3, -0.25) is 14.6 Å². The van der Waals surface area contributed by atoms with Crippen molar-refractivity contribution in [2.45, 2.75) is 42.1 Å². The van der Waals surface area contributed by atoms with E-state index in [4.69, 9.17) is 4.42 Å². The van der Waals surface area contributed by atoms with Crippen LogP contribution in [0, 0.1) is 0 Å². The molecule has 3 heterocycles. The van der Waals surface area contributed by atoms with Crippen molar-refractivity contribution in [2.75, 3.05) is 0 Å². The SMILES string of the molecule is CC1(C)S[C@@H]2[C@H](NC(=O)[C@@H](N=Cc3ccco3)c3ccc(O)cc3)C(=O)N2[C@H]1C(=O)O. The second-order valence-corrected chi connectivity index (χ2v) is 9.64. The molecule has 0 bridgehead atoms. The van der Waals surface area contributed by atoms with Gasteiger partial charge in [0.1, 0.15) is 29.0 Å². The molecule has 162 valence electrons. The third-order valence-corrected chi connectivity index (χ3v) is 6.90. The number of nitrogens with one attached hydrogen (secondary N) is 1. The van der Waals surface area contributed by atoms with Gasteiger partial charge in [0.2, 0.25) is 11.8 Å². The number of phenols is 1. The van der Waals surface area contributed by atoms with Crippen molar-refractivity contribution in [3.63, 3.8) is 0 Å². The van der Waals surface area contributed by atoms with E-state index >= 15 is 0 Å². The highest BCUT2D eigenvalue weighted by atomic mass is 32.2. The topological polar surface area (TPSA) is 132 Å². The molecule has 10 heteroatoms. The first-order valence-corrected chi connectivity index (χ1v) is 10.5. The predicted octanol–water partition coefficient (Wildman–Crippen LogP) is 1.78. The first-order valence-electron chi connectivity index (χ1n) is 9.58. The smallest absolute Gasteiger partial charge is 0.327 e. The molecule has 0 aliphatic carbocycles. The van der Waals surface area contributed by atoms with Crippen molar-refractivity contribution in [3.8, 4) is 5.75 Å². The number of fused-ring (bicyclic) bond motifs is 1. The zero-order valence-electron chi connectivity index (χ0n) is 16.8. The summed E-state index contributed by atoms with van der Waals surface area (Å²) >= 11 is 1.35. The van der Waals surface area contributed by atoms with Crippen molar-refractivity contribution in [3.05, 3.63) is 54.0 Å². The Bertz CT molecular complexity index is 1030. The van der Waals surface area contributed by atoms with Gasteiger partial charge in [0.05, 0.1) is 12.5 Å². The van der Waals surface area contributed by atoms with Gasteiger partial charge in [-0.25, -0.2) is 4.79 Å². The summed E-state index contributed by atoms with van der Waals surface area (Å²) in [4.78, 5) is 43.1. The molecular weight excluding hydrogens is 422 g/mol. The summed E-state index contributed by atoms with van der Waals surface area (Å²) in [7, 11) is 0. The molecule has 2 aliphatic rings. The fourth-order valence-corrected chi connectivity index (χ4v) is 5.48. The molecule has 2 aromatic rings. The Balaban J connectivity index is 1.55. The highest BCUT2D eigenvalue weighted by Crippen LogP contribution is 2.50. The number of hydrogen-bond acceptors (Lipinski definition) is 7. The number of thioether (sulfide) groups is 1. The van der Waals surface area contributed by atoms with E-state index in [1.54, 1.807) is 38.1 Å². The number of aliphatic carboxylic acids is 1. The minimum Gasteiger partial charge on any atom is -0.508 e. The Morgan fingerprint density at radius 1 is 1.29 bits per heavy atom. The van der Waals surface area contributed by atoms with Crippen molar-refractivity contribution >= 4 is 35.8 Å². The molecule has 3 N–H and O–H groups in total. The number of aliphatic imine (C=N–C) groups is 1. The van der Waals surface area contributed by atoms with E-state index in [1.165, 1.54) is 41.3 Å². The van der Waals surface area contributed by atoms with Crippen LogP contribution in [0.3, 0.4) is 0 Å². The van der Waals surface area contributed by atoms with E-state index in [9.17, 15) is 24.6 Å². The summed E-state index contributed by atoms with van der Waals surface area (Å²) in [5, 5.41) is 21.4. The van der Waals surface area contributed by atoms with Crippen LogP contribution in [-0.4, -0.2) is 61.3 Å². The van der Waals surface area contributed by atoms with E-state index < -0.39 is 46.0 Å². The van der Waals surface area contributed by atoms with Gasteiger partial charge in [0.15, 0.2) is 6.04 Å². The standard InChI is InChI=1S/C21H21N3O6S/c1-21(2)16(20(28)29)24-18(27)15(19(24)31-21)23-17(26)14(11-5-7-12(25)8-6-11)22-10-13-4-3-9-30-13/h3-10,14-16,19,25H,1-2H3,(H,23,26)(H,28,29)/t14-,15+,16-,19+/m0/s1. The lowest BCUT2D eigenvalue weighted by Gasteiger charge is -2.43. The second-order valence-electron chi connectivity index (χ2n) is 7.87. The van der Waals surface area contributed by atoms with Crippen LogP contribution < -0.4 is 5.32 Å². The van der Waals surface area contributed by atoms with Gasteiger partial charge < -0.3 is 24.8 Å². The maximum atomic E-state index is 13.1. The third kappa shape index (κ3) is 3.78. The lowest BCUT2D eigenvalue weighted by atomic mass is 9.95. The molecule has 1 aromatic carbocycles. The normalized spacial score (nSPS) is 25.2. The zero-order chi connectivity index (χ0) is 22.3. The molecule has 0 radical (unpaired) electrons. The van der Waals surface area contributed by atoms with Crippen molar-refractivity contribution in [2.24, 2.45) is 4.99 Å². The largest absolute Gasteiger partial charge is 0.508 e. The van der Waals surface area contributed by atoms with Gasteiger partial charge >= 0.3 is 5.97 Å². The number of furan rings is 1. The number of phenolic OH excluding ortho intramolecular Hbond substituents is 1. The number of aromatic hydroxyl groups is 1. The van der Waals surface area contributed by atoms with Gasteiger partial charge in [-0.2, -0.15) is 0 Å². The van der Waals surface area contributed by atoms with Gasteiger partial charge in [0, 0.05) is 4.75 Å². The molecule has 0 unspecified atom stereocenters. The van der Waals surface area contributed by atoms with Gasteiger partial charge in [-0.05, 0) is 43.7 Å². The van der Waals surface area contributed by atoms with Gasteiger partial charge in [-0.15, -0.1) is 11.8 Å². The van der Waals surface area contributed by atoms with E-state index in [0.717, 1.165) is 0 Å². The molecule has 2 aliphatic heterocycles. The third-order valence-electron chi connectivity index (χ3n) is 5.32. The Morgan fingerprint density at radius 3 is 2.61 bits per heavy atom. The fraction of sp³-hybridized carbons (Fsp3) is 0.333. The number of carboxylic acids is 1. The number of carboxylic acid groups (broad SMARTS) is 1. The second kappa shape index (κ2) is 7.77. The minimum atomic E-state index is -1.07. The average molecular weight is 443 g/mol. The van der Waals surface area contributed by atoms with E-state index in [2.05, 4.69) is 10.3 Å². The number of carbonyl (C=O) groups excluding carboxylic acids is 2. The van der Waals surface area contributed by atoms with Crippen molar-refractivity contribution in [1.82, 2.24) is 10.2 Å². The summed E-state index contributed by atoms with van der Waals surface area (Å²) in [6, 6.07) is 6.64. The first-order chi connectivity index (χ1) is 14.7. The summed E-state index contributed by atoms with van der Waals surface area (Å²) in [6.45, 7) is 3.54. The minimum absolute atomic E-state index is 0.0482. The molecule has 2 fully saturated rings. The zero-order valence-corrected chi connectivity index (χ0v) is 17.6. The molecule has 2 amide bonds. The maximum absolute atomic E-state index is 13.1. The number of hydrogen-bond donors (Lipinski definition) is 3. The molecule has 31 heavy (non-hydrogen) atoms. The van der Waals surface area contributed by atoms with Crippen molar-refractivity contribution in [1.29, 1.82) is 0 Å². The number of rotatable bonds is 6. The van der Waals surface area contributed by atoms with Crippen LogP contribution in [0.5, 0.6) is 5.75 Å². The van der Waals surface area contributed by atoms with Crippen LogP contribution in [0.15, 0.2) is 52.1 Å². The molecule has 0 saturated carbocycles. The summed E-state index contributed by atoms with van der Waals surface area (Å²) in [5.41, 5.74) is 0.518. The number of amides is 2. The van der Waals surface area contributed by atoms with Crippen LogP contribution in [0.1, 0.15) is 31.2 Å². The Hall–Kier alpha value is -3.27. The predicted molar refractivity (Wildman–Crippen MR) is 113 cm³/mol. The molecular formula is C21H21N3O6S. The molecule has 4 atom stereocenters. The summed E-state index contributed by atoms with van der Waals surface area (Å²) < 4.78 is 4.54. The van der Waals surface area contributed by atoms with Crippen LogP contribution in [0.2, 0.25) is 0 Å². The number of β-lactam (4-membered cyclic amide) rings is 1. The van der Waals surface area contributed by atoms with E-state index in [1.807, 2.05) is 0 Å². The van der Waals surface area contributed by atoms with Gasteiger partial charge in [-0.1, -0.05) is 12.1 Å². The Kier molecular flexibility index (Phi) is 5.26. The Labute approximate surface area is 182 Å². The summed E-state index contributed by atoms with van der Waals surface area (Å²) in [6.07, 6.45) is 2.90. The lowest BCUT2D eigenvalue weighted by molar-refractivity contribution is -0.161. The first kappa shape index (κ1) is 21.0. The van der Waals surface area contributed by atoms with E-state index in [-0.39, 0.29) is 5.75 Å². The monoisotopic (exact) mass is 443 g/mol. The van der Waals surface area contributed by atoms with Crippen LogP contribution in [-0.2, 0) is 14.4 Å². The average Bonchev–Trinajstić information content (AvgIpc) is 3.31. The number of carbonyl (C=O) groups is 3. The molecule has 0 spiro atoms. The molecule has 2 saturated heterocycles. The molecule has 9 nitrogen and oxygen atoms in total. The number of benzene rings is 1. The summed E-state index contributed by atoms with van der Waals surface area (Å²) in [5.74, 6) is -1.50. The Morgan fingerprint density at radius 2 is 2.00 bits per heavy atom. The highest BCUT2D eigenvalue weighted by molar-refractivity contribution is 8.01. The van der Waals surface area contributed by atoms with Crippen LogP contribution >= 0.6 is 11.8 Å². The highest BCUT2D eigenvalue weighted by Gasteiger charge is 2.64. The lowest BCUT2D eigenvalue weighted by Crippen LogP contribution is -2.70. The fourth-order valence-electron chi connectivity index (χ4n) is 3.85. The maximum Gasteiger partial charge on any atom is 0.327 e. The van der Waals surface area contributed by atoms with Crippen LogP contribution in [0.25, 0.3) is 0 Å². The van der Waals surface area contributed by atoms with Crippen molar-refractivity contribution < 1.29 is 29.0 Å². The quantitative estimate of drug-likeness (QED) is 0.458. The van der Waals surface area contributed by atoms with Crippen LogP contribution in [0.4, 0.5) is 0 Å². The van der Waals surface area contributed by atoms with E-state index in [0.29, 0.717) is 11.3 Å².